The van der Waals surface area contributed by atoms with E-state index in [1.807, 2.05) is 31.2 Å². The van der Waals surface area contributed by atoms with Crippen LogP contribution in [0.2, 0.25) is 10.0 Å². The van der Waals surface area contributed by atoms with Gasteiger partial charge < -0.3 is 10.4 Å². The van der Waals surface area contributed by atoms with Crippen LogP contribution in [0.3, 0.4) is 0 Å². The third-order valence-corrected chi connectivity index (χ3v) is 5.03. The van der Waals surface area contributed by atoms with E-state index in [4.69, 9.17) is 38.3 Å². The van der Waals surface area contributed by atoms with Gasteiger partial charge in [0.1, 0.15) is 11.3 Å². The molecule has 0 bridgehead atoms. The van der Waals surface area contributed by atoms with Gasteiger partial charge in [-0.3, -0.25) is 5.32 Å². The zero-order valence-corrected chi connectivity index (χ0v) is 17.9. The molecule has 2 aromatic heterocycles. The summed E-state index contributed by atoms with van der Waals surface area (Å²) in [5.41, 5.74) is 4.48. The van der Waals surface area contributed by atoms with Crippen LogP contribution in [0.5, 0.6) is 0 Å². The number of aromatic nitrogens is 3. The number of amides is 1. The number of benzene rings is 2. The molecule has 0 saturated carbocycles. The van der Waals surface area contributed by atoms with Crippen molar-refractivity contribution in [3.8, 4) is 11.3 Å². The lowest BCUT2D eigenvalue weighted by atomic mass is 10.1. The van der Waals surface area contributed by atoms with Crippen LogP contribution in [-0.4, -0.2) is 26.2 Å². The van der Waals surface area contributed by atoms with Crippen LogP contribution in [0.1, 0.15) is 12.6 Å². The monoisotopic (exact) mass is 453 g/mol. The summed E-state index contributed by atoms with van der Waals surface area (Å²) in [5, 5.41) is 15.9. The maximum Gasteiger partial charge on any atom is 0.410 e. The Hall–Kier alpha value is -3.42. The summed E-state index contributed by atoms with van der Waals surface area (Å²) in [4.78, 5) is 25.1. The molecule has 1 amide bonds. The summed E-state index contributed by atoms with van der Waals surface area (Å²) in [7, 11) is 0. The maximum atomic E-state index is 11.2. The number of carboxylic acid groups (broad SMARTS) is 1. The molecule has 0 aliphatic rings. The normalized spacial score (nSPS) is 10.8. The van der Waals surface area contributed by atoms with Crippen molar-refractivity contribution in [2.24, 2.45) is 0 Å². The van der Waals surface area contributed by atoms with Gasteiger partial charge in [-0.1, -0.05) is 42.3 Å². The van der Waals surface area contributed by atoms with E-state index >= 15 is 0 Å². The second-order valence-corrected chi connectivity index (χ2v) is 7.54. The van der Waals surface area contributed by atoms with Crippen molar-refractivity contribution < 1.29 is 9.90 Å². The van der Waals surface area contributed by atoms with Crippen molar-refractivity contribution in [2.45, 2.75) is 13.3 Å². The Morgan fingerprint density at radius 2 is 1.61 bits per heavy atom. The van der Waals surface area contributed by atoms with Crippen LogP contribution < -0.4 is 10.6 Å². The minimum Gasteiger partial charge on any atom is -0.465 e. The van der Waals surface area contributed by atoms with Gasteiger partial charge in [-0.05, 0) is 42.8 Å². The van der Waals surface area contributed by atoms with Crippen LogP contribution in [0.15, 0.2) is 54.6 Å². The van der Waals surface area contributed by atoms with Crippen molar-refractivity contribution in [3.63, 3.8) is 0 Å². The number of aryl methyl sites for hydroxylation is 1. The molecule has 4 aromatic rings. The smallest absolute Gasteiger partial charge is 0.410 e. The van der Waals surface area contributed by atoms with Gasteiger partial charge >= 0.3 is 6.09 Å². The second kappa shape index (κ2) is 8.75. The van der Waals surface area contributed by atoms with Gasteiger partial charge in [0.05, 0.1) is 17.1 Å². The largest absolute Gasteiger partial charge is 0.465 e. The topological polar surface area (TPSA) is 100 Å². The minimum absolute atomic E-state index is 0.136. The number of anilines is 3. The Morgan fingerprint density at radius 1 is 0.968 bits per heavy atom. The van der Waals surface area contributed by atoms with Crippen molar-refractivity contribution in [1.82, 2.24) is 15.0 Å². The van der Waals surface area contributed by atoms with Crippen LogP contribution in [-0.2, 0) is 6.42 Å². The quantitative estimate of drug-likeness (QED) is 0.323. The minimum atomic E-state index is -1.22. The fourth-order valence-electron chi connectivity index (χ4n) is 3.11. The summed E-state index contributed by atoms with van der Waals surface area (Å²) in [5.74, 6) is 0.136. The van der Waals surface area contributed by atoms with Crippen LogP contribution in [0, 0.1) is 0 Å². The molecule has 156 valence electrons. The fraction of sp³-hybridized carbons (Fsp3) is 0.0909. The lowest BCUT2D eigenvalue weighted by Gasteiger charge is -2.14. The number of rotatable bonds is 5. The molecule has 3 N–H and O–H groups in total. The molecule has 0 aliphatic carbocycles. The Balaban J connectivity index is 1.89. The lowest BCUT2D eigenvalue weighted by molar-refractivity contribution is 0.209. The van der Waals surface area contributed by atoms with Gasteiger partial charge in [0.15, 0.2) is 5.65 Å². The average molecular weight is 454 g/mol. The van der Waals surface area contributed by atoms with Gasteiger partial charge in [-0.25, -0.2) is 19.7 Å². The van der Waals surface area contributed by atoms with E-state index in [-0.39, 0.29) is 5.82 Å². The lowest BCUT2D eigenvalue weighted by Crippen LogP contribution is -2.10. The Kier molecular flexibility index (Phi) is 5.88. The first-order valence-electron chi connectivity index (χ1n) is 9.43. The first-order valence-corrected chi connectivity index (χ1v) is 10.2. The van der Waals surface area contributed by atoms with E-state index in [1.165, 1.54) is 0 Å². The van der Waals surface area contributed by atoms with Crippen molar-refractivity contribution in [1.29, 1.82) is 0 Å². The molecule has 2 heterocycles. The van der Waals surface area contributed by atoms with Crippen LogP contribution in [0.25, 0.3) is 22.4 Å². The third-order valence-electron chi connectivity index (χ3n) is 4.52. The summed E-state index contributed by atoms with van der Waals surface area (Å²) >= 11 is 12.0. The number of nitrogens with zero attached hydrogens (tertiary/aromatic N) is 3. The van der Waals surface area contributed by atoms with Gasteiger partial charge in [0.25, 0.3) is 0 Å². The highest BCUT2D eigenvalue weighted by atomic mass is 35.5. The van der Waals surface area contributed by atoms with Crippen LogP contribution >= 0.6 is 23.2 Å². The molecular formula is C22H17Cl2N5O2. The van der Waals surface area contributed by atoms with Crippen molar-refractivity contribution >= 4 is 57.7 Å². The number of pyridine rings is 1. The van der Waals surface area contributed by atoms with Crippen LogP contribution in [0.4, 0.5) is 22.0 Å². The van der Waals surface area contributed by atoms with Gasteiger partial charge in [0, 0.05) is 27.4 Å². The number of hydrogen-bond acceptors (Lipinski definition) is 5. The van der Waals surface area contributed by atoms with Gasteiger partial charge in [-0.15, -0.1) is 0 Å². The zero-order valence-electron chi connectivity index (χ0n) is 16.4. The van der Waals surface area contributed by atoms with Crippen molar-refractivity contribution in [3.05, 3.63) is 70.3 Å². The van der Waals surface area contributed by atoms with E-state index in [0.29, 0.717) is 39.0 Å². The zero-order chi connectivity index (χ0) is 22.0. The first kappa shape index (κ1) is 20.8. The molecule has 0 atom stereocenters. The Morgan fingerprint density at radius 3 is 2.23 bits per heavy atom. The predicted molar refractivity (Wildman–Crippen MR) is 124 cm³/mol. The van der Waals surface area contributed by atoms with E-state index in [2.05, 4.69) is 15.6 Å². The molecule has 0 unspecified atom stereocenters. The molecule has 4 rings (SSSR count). The Labute approximate surface area is 188 Å². The van der Waals surface area contributed by atoms with E-state index in [1.54, 1.807) is 30.3 Å². The predicted octanol–water partition coefficient (Wildman–Crippen LogP) is 6.39. The number of fused-ring (bicyclic) bond motifs is 1. The van der Waals surface area contributed by atoms with Gasteiger partial charge in [-0.2, -0.15) is 0 Å². The number of carbonyl (C=O) groups is 1. The molecule has 0 aliphatic heterocycles. The maximum absolute atomic E-state index is 11.2. The number of halogens is 2. The molecule has 0 spiro atoms. The summed E-state index contributed by atoms with van der Waals surface area (Å²) in [6, 6.07) is 16.0. The average Bonchev–Trinajstić information content (AvgIpc) is 2.74. The highest BCUT2D eigenvalue weighted by Gasteiger charge is 2.16. The third kappa shape index (κ3) is 4.68. The Bertz CT molecular complexity index is 1260. The van der Waals surface area contributed by atoms with E-state index < -0.39 is 6.09 Å². The second-order valence-electron chi connectivity index (χ2n) is 6.67. The standard InChI is InChI=1S/C22H17Cl2N5O2/c1-2-16-19(12-3-5-13(23)6-4-12)29-21-20(26-16)17(11-18(27-21)28-22(30)31)25-15-9-7-14(24)8-10-15/h3-11H,2H2,1H3,(H,30,31)(H2,25,27,28,29). The number of nitrogens with one attached hydrogen (secondary N) is 2. The molecular weight excluding hydrogens is 437 g/mol. The molecule has 2 aromatic carbocycles. The SMILES string of the molecule is CCc1nc2c(Nc3ccc(Cl)cc3)cc(NC(=O)O)nc2nc1-c1ccc(Cl)cc1. The van der Waals surface area contributed by atoms with E-state index in [9.17, 15) is 4.79 Å². The number of hydrogen-bond donors (Lipinski definition) is 3. The van der Waals surface area contributed by atoms with Gasteiger partial charge in [0.2, 0.25) is 0 Å². The molecule has 7 nitrogen and oxygen atoms in total. The van der Waals surface area contributed by atoms with Crippen molar-refractivity contribution in [2.75, 3.05) is 10.6 Å². The molecule has 9 heteroatoms. The first-order chi connectivity index (χ1) is 14.9. The highest BCUT2D eigenvalue weighted by molar-refractivity contribution is 6.30. The van der Waals surface area contributed by atoms with E-state index in [0.717, 1.165) is 16.9 Å². The molecule has 0 saturated heterocycles. The summed E-state index contributed by atoms with van der Waals surface area (Å²) in [6.07, 6.45) is -0.573. The summed E-state index contributed by atoms with van der Waals surface area (Å²) < 4.78 is 0. The fourth-order valence-corrected chi connectivity index (χ4v) is 3.37. The summed E-state index contributed by atoms with van der Waals surface area (Å²) in [6.45, 7) is 2.00. The molecule has 0 radical (unpaired) electrons. The molecule has 31 heavy (non-hydrogen) atoms. The highest BCUT2D eigenvalue weighted by Crippen LogP contribution is 2.31. The molecule has 0 fully saturated rings.